The van der Waals surface area contributed by atoms with E-state index in [4.69, 9.17) is 9.63 Å². The van der Waals surface area contributed by atoms with E-state index in [1.807, 2.05) is 0 Å². The van der Waals surface area contributed by atoms with Crippen LogP contribution < -0.4 is 0 Å². The maximum atomic E-state index is 11.5. The molecule has 0 radical (unpaired) electrons. The van der Waals surface area contributed by atoms with Crippen LogP contribution >= 0.6 is 0 Å². The van der Waals surface area contributed by atoms with Crippen LogP contribution in [-0.4, -0.2) is 34.2 Å². The van der Waals surface area contributed by atoms with Gasteiger partial charge < -0.3 is 9.63 Å². The molecule has 1 heterocycles. The van der Waals surface area contributed by atoms with E-state index >= 15 is 0 Å². The van der Waals surface area contributed by atoms with Crippen LogP contribution in [0.2, 0.25) is 0 Å². The van der Waals surface area contributed by atoms with Crippen molar-refractivity contribution in [1.82, 2.24) is 10.1 Å². The highest BCUT2D eigenvalue weighted by Crippen LogP contribution is 2.14. The molecule has 6 nitrogen and oxygen atoms in total. The number of rotatable bonds is 1. The molecule has 76 valence electrons. The third-order valence-corrected chi connectivity index (χ3v) is 1.84. The van der Waals surface area contributed by atoms with E-state index < -0.39 is 12.0 Å². The fourth-order valence-electron chi connectivity index (χ4n) is 1.04. The summed E-state index contributed by atoms with van der Waals surface area (Å²) in [5.41, 5.74) is 0.593. The zero-order valence-electron chi connectivity index (χ0n) is 8.07. The van der Waals surface area contributed by atoms with E-state index in [1.165, 1.54) is 7.05 Å². The van der Waals surface area contributed by atoms with E-state index in [2.05, 4.69) is 5.16 Å². The minimum absolute atomic E-state index is 0.204. The number of imide groups is 1. The van der Waals surface area contributed by atoms with E-state index in [1.54, 1.807) is 13.8 Å². The summed E-state index contributed by atoms with van der Waals surface area (Å²) >= 11 is 0. The lowest BCUT2D eigenvalue weighted by molar-refractivity contribution is 0.0779. The summed E-state index contributed by atoms with van der Waals surface area (Å²) in [6, 6.07) is 0. The van der Waals surface area contributed by atoms with Crippen molar-refractivity contribution in [2.24, 2.45) is 0 Å². The second kappa shape index (κ2) is 3.49. The highest BCUT2D eigenvalue weighted by atomic mass is 16.5. The standard InChI is InChI=1S/C8H10N2O4/c1-4-6(5(2)14-9-4)7(11)10(3)8(12)13/h1-3H3,(H,12,13). The summed E-state index contributed by atoms with van der Waals surface area (Å²) in [5.74, 6) is -0.311. The summed E-state index contributed by atoms with van der Waals surface area (Å²) < 4.78 is 4.76. The SMILES string of the molecule is Cc1noc(C)c1C(=O)N(C)C(=O)O. The van der Waals surface area contributed by atoms with Crippen molar-refractivity contribution in [3.05, 3.63) is 17.0 Å². The molecule has 1 N–H and O–H groups in total. The molecular weight excluding hydrogens is 188 g/mol. The van der Waals surface area contributed by atoms with Crippen LogP contribution in [0.4, 0.5) is 4.79 Å². The zero-order chi connectivity index (χ0) is 10.9. The van der Waals surface area contributed by atoms with Gasteiger partial charge in [0.2, 0.25) is 0 Å². The number of carbonyl (C=O) groups is 2. The molecule has 1 aromatic heterocycles. The van der Waals surface area contributed by atoms with Crippen molar-refractivity contribution in [3.8, 4) is 0 Å². The van der Waals surface area contributed by atoms with Gasteiger partial charge in [-0.05, 0) is 13.8 Å². The van der Waals surface area contributed by atoms with Crippen molar-refractivity contribution in [3.63, 3.8) is 0 Å². The van der Waals surface area contributed by atoms with Crippen molar-refractivity contribution in [2.45, 2.75) is 13.8 Å². The second-order valence-electron chi connectivity index (χ2n) is 2.85. The van der Waals surface area contributed by atoms with Gasteiger partial charge >= 0.3 is 6.09 Å². The Balaban J connectivity index is 3.06. The maximum absolute atomic E-state index is 11.5. The third kappa shape index (κ3) is 1.59. The van der Waals surface area contributed by atoms with Crippen molar-refractivity contribution in [2.75, 3.05) is 7.05 Å². The average Bonchev–Trinajstić information content (AvgIpc) is 2.44. The van der Waals surface area contributed by atoms with Crippen molar-refractivity contribution in [1.29, 1.82) is 0 Å². The number of hydrogen-bond acceptors (Lipinski definition) is 4. The average molecular weight is 198 g/mol. The first-order chi connectivity index (χ1) is 6.45. The molecule has 14 heavy (non-hydrogen) atoms. The minimum atomic E-state index is -1.31. The summed E-state index contributed by atoms with van der Waals surface area (Å²) in [6.45, 7) is 3.14. The molecule has 0 aromatic carbocycles. The highest BCUT2D eigenvalue weighted by molar-refractivity contribution is 6.03. The lowest BCUT2D eigenvalue weighted by Crippen LogP contribution is -2.32. The van der Waals surface area contributed by atoms with Crippen LogP contribution in [-0.2, 0) is 0 Å². The van der Waals surface area contributed by atoms with Crippen molar-refractivity contribution >= 4 is 12.0 Å². The molecule has 0 aliphatic carbocycles. The van der Waals surface area contributed by atoms with Crippen LogP contribution in [0.5, 0.6) is 0 Å². The minimum Gasteiger partial charge on any atom is -0.465 e. The number of aromatic nitrogens is 1. The molecule has 0 spiro atoms. The Labute approximate surface area is 80.1 Å². The van der Waals surface area contributed by atoms with Gasteiger partial charge in [-0.2, -0.15) is 0 Å². The fraction of sp³-hybridized carbons (Fsp3) is 0.375. The molecule has 0 aliphatic rings. The van der Waals surface area contributed by atoms with Gasteiger partial charge in [-0.25, -0.2) is 9.69 Å². The number of carboxylic acid groups (broad SMARTS) is 1. The van der Waals surface area contributed by atoms with Crippen LogP contribution in [0.25, 0.3) is 0 Å². The number of hydrogen-bond donors (Lipinski definition) is 1. The molecule has 0 unspecified atom stereocenters. The van der Waals surface area contributed by atoms with E-state index in [0.29, 0.717) is 16.4 Å². The Morgan fingerprint density at radius 3 is 2.36 bits per heavy atom. The van der Waals surface area contributed by atoms with Gasteiger partial charge in [-0.3, -0.25) is 4.79 Å². The van der Waals surface area contributed by atoms with Gasteiger partial charge in [-0.15, -0.1) is 0 Å². The largest absolute Gasteiger partial charge is 0.465 e. The van der Waals surface area contributed by atoms with E-state index in [0.717, 1.165) is 0 Å². The molecule has 0 saturated heterocycles. The Bertz CT molecular complexity index is 363. The van der Waals surface area contributed by atoms with Crippen LogP contribution in [0.3, 0.4) is 0 Å². The zero-order valence-corrected chi connectivity index (χ0v) is 8.07. The lowest BCUT2D eigenvalue weighted by atomic mass is 10.2. The van der Waals surface area contributed by atoms with E-state index in [9.17, 15) is 9.59 Å². The molecular formula is C8H10N2O4. The summed E-state index contributed by atoms with van der Waals surface area (Å²) in [6.07, 6.45) is -1.31. The van der Waals surface area contributed by atoms with Gasteiger partial charge in [0.25, 0.3) is 5.91 Å². The number of amides is 2. The Morgan fingerprint density at radius 1 is 1.43 bits per heavy atom. The van der Waals surface area contributed by atoms with Gasteiger partial charge in [0, 0.05) is 7.05 Å². The molecule has 0 atom stereocenters. The second-order valence-corrected chi connectivity index (χ2v) is 2.85. The third-order valence-electron chi connectivity index (χ3n) is 1.84. The summed E-state index contributed by atoms with van der Waals surface area (Å²) in [4.78, 5) is 22.6. The molecule has 0 saturated carbocycles. The van der Waals surface area contributed by atoms with Crippen LogP contribution in [0.1, 0.15) is 21.8 Å². The van der Waals surface area contributed by atoms with E-state index in [-0.39, 0.29) is 5.56 Å². The molecule has 2 amide bonds. The Morgan fingerprint density at radius 2 is 2.00 bits per heavy atom. The first-order valence-corrected chi connectivity index (χ1v) is 3.89. The van der Waals surface area contributed by atoms with Crippen LogP contribution in [0, 0.1) is 13.8 Å². The monoisotopic (exact) mass is 198 g/mol. The predicted octanol–water partition coefficient (Wildman–Crippen LogP) is 1.04. The smallest absolute Gasteiger partial charge is 0.414 e. The molecule has 1 aromatic rings. The number of carbonyl (C=O) groups excluding carboxylic acids is 1. The van der Waals surface area contributed by atoms with Gasteiger partial charge in [-0.1, -0.05) is 5.16 Å². The summed E-state index contributed by atoms with van der Waals surface area (Å²) in [7, 11) is 1.18. The van der Waals surface area contributed by atoms with Gasteiger partial charge in [0.05, 0.1) is 5.69 Å². The quantitative estimate of drug-likeness (QED) is 0.728. The molecule has 6 heteroatoms. The normalized spacial score (nSPS) is 9.93. The van der Waals surface area contributed by atoms with Crippen molar-refractivity contribution < 1.29 is 19.2 Å². The lowest BCUT2D eigenvalue weighted by Gasteiger charge is -2.09. The Hall–Kier alpha value is -1.85. The first kappa shape index (κ1) is 10.2. The van der Waals surface area contributed by atoms with Crippen LogP contribution in [0.15, 0.2) is 4.52 Å². The number of aryl methyl sites for hydroxylation is 2. The van der Waals surface area contributed by atoms with Gasteiger partial charge in [0.15, 0.2) is 0 Å². The fourth-order valence-corrected chi connectivity index (χ4v) is 1.04. The predicted molar refractivity (Wildman–Crippen MR) is 46.1 cm³/mol. The molecule has 1 rings (SSSR count). The molecule has 0 fully saturated rings. The maximum Gasteiger partial charge on any atom is 0.414 e. The highest BCUT2D eigenvalue weighted by Gasteiger charge is 2.24. The number of nitrogens with zero attached hydrogens (tertiary/aromatic N) is 2. The topological polar surface area (TPSA) is 83.6 Å². The van der Waals surface area contributed by atoms with Gasteiger partial charge in [0.1, 0.15) is 11.3 Å². The first-order valence-electron chi connectivity index (χ1n) is 3.89. The Kier molecular flexibility index (Phi) is 2.55. The molecule has 0 aliphatic heterocycles. The summed E-state index contributed by atoms with van der Waals surface area (Å²) in [5, 5.41) is 12.2. The molecule has 0 bridgehead atoms.